The van der Waals surface area contributed by atoms with E-state index in [2.05, 4.69) is 0 Å². The van der Waals surface area contributed by atoms with Crippen LogP contribution in [0.4, 0.5) is 8.78 Å². The summed E-state index contributed by atoms with van der Waals surface area (Å²) in [4.78, 5) is 11.0. The Bertz CT molecular complexity index is 902. The van der Waals surface area contributed by atoms with E-state index in [0.717, 1.165) is 24.2 Å². The van der Waals surface area contributed by atoms with Gasteiger partial charge in [-0.1, -0.05) is 19.4 Å². The minimum atomic E-state index is -1.34. The number of benzene rings is 2. The van der Waals surface area contributed by atoms with Gasteiger partial charge < -0.3 is 9.84 Å². The number of halogens is 2. The third kappa shape index (κ3) is 2.63. The van der Waals surface area contributed by atoms with Crippen molar-refractivity contribution in [2.45, 2.75) is 19.8 Å². The fraction of sp³-hybridized carbons (Fsp3) is 0.235. The summed E-state index contributed by atoms with van der Waals surface area (Å²) < 4.78 is 34.7. The first-order chi connectivity index (χ1) is 11.0. The maximum Gasteiger partial charge on any atom is 0.338 e. The molecule has 3 aromatic rings. The lowest BCUT2D eigenvalue weighted by Crippen LogP contribution is -1.99. The van der Waals surface area contributed by atoms with Gasteiger partial charge in [-0.2, -0.15) is 0 Å². The number of carboxylic acid groups (broad SMARTS) is 1. The van der Waals surface area contributed by atoms with E-state index in [-0.39, 0.29) is 15.1 Å². The summed E-state index contributed by atoms with van der Waals surface area (Å²) in [5.74, 6) is -2.57. The zero-order valence-electron chi connectivity index (χ0n) is 12.4. The summed E-state index contributed by atoms with van der Waals surface area (Å²) in [5.41, 5.74) is -0.413. The van der Waals surface area contributed by atoms with Crippen LogP contribution in [0.15, 0.2) is 24.3 Å². The Hall–Kier alpha value is -2.21. The monoisotopic (exact) mass is 336 g/mol. The number of unbranched alkanes of at least 4 members (excludes halogenated alkanes) is 1. The van der Waals surface area contributed by atoms with Crippen LogP contribution < -0.4 is 4.74 Å². The molecule has 0 unspecified atom stereocenters. The Morgan fingerprint density at radius 2 is 1.78 bits per heavy atom. The summed E-state index contributed by atoms with van der Waals surface area (Å²) in [5, 5.41) is 10.1. The number of hydrogen-bond acceptors (Lipinski definition) is 3. The van der Waals surface area contributed by atoms with E-state index in [0.29, 0.717) is 17.4 Å². The van der Waals surface area contributed by atoms with Crippen molar-refractivity contribution >= 4 is 37.5 Å². The minimum absolute atomic E-state index is 0.136. The molecule has 23 heavy (non-hydrogen) atoms. The summed E-state index contributed by atoms with van der Waals surface area (Å²) in [7, 11) is 0. The van der Waals surface area contributed by atoms with E-state index in [1.165, 1.54) is 18.2 Å². The van der Waals surface area contributed by atoms with Gasteiger partial charge in [0.05, 0.1) is 21.6 Å². The fourth-order valence-corrected chi connectivity index (χ4v) is 3.59. The zero-order valence-corrected chi connectivity index (χ0v) is 13.2. The van der Waals surface area contributed by atoms with Crippen LogP contribution in [0.1, 0.15) is 30.1 Å². The molecule has 1 N–H and O–H groups in total. The van der Waals surface area contributed by atoms with Crippen LogP contribution in [0.2, 0.25) is 0 Å². The number of aromatic carboxylic acids is 1. The van der Waals surface area contributed by atoms with Crippen molar-refractivity contribution in [1.82, 2.24) is 0 Å². The molecule has 0 radical (unpaired) electrons. The van der Waals surface area contributed by atoms with Gasteiger partial charge in [0.2, 0.25) is 0 Å². The molecule has 3 rings (SSSR count). The lowest BCUT2D eigenvalue weighted by Gasteiger charge is -2.06. The number of hydrogen-bond donors (Lipinski definition) is 1. The number of carboxylic acids is 1. The van der Waals surface area contributed by atoms with E-state index in [9.17, 15) is 13.6 Å². The van der Waals surface area contributed by atoms with E-state index in [1.807, 2.05) is 6.92 Å². The van der Waals surface area contributed by atoms with Crippen molar-refractivity contribution in [3.63, 3.8) is 0 Å². The normalized spacial score (nSPS) is 11.3. The van der Waals surface area contributed by atoms with Gasteiger partial charge in [0.25, 0.3) is 0 Å². The molecular formula is C17H14F2O3S. The summed E-state index contributed by atoms with van der Waals surface area (Å²) in [6.07, 6.45) is 1.76. The molecule has 2 aromatic carbocycles. The second-order valence-electron chi connectivity index (χ2n) is 5.17. The highest BCUT2D eigenvalue weighted by Gasteiger charge is 2.19. The molecule has 0 bridgehead atoms. The molecule has 0 amide bonds. The van der Waals surface area contributed by atoms with Gasteiger partial charge in [-0.25, -0.2) is 13.6 Å². The van der Waals surface area contributed by atoms with Gasteiger partial charge in [0, 0.05) is 10.8 Å². The maximum absolute atomic E-state index is 14.6. The first kappa shape index (κ1) is 15.7. The largest absolute Gasteiger partial charge is 0.490 e. The van der Waals surface area contributed by atoms with Gasteiger partial charge in [-0.15, -0.1) is 11.3 Å². The first-order valence-electron chi connectivity index (χ1n) is 7.24. The minimum Gasteiger partial charge on any atom is -0.490 e. The van der Waals surface area contributed by atoms with Crippen molar-refractivity contribution in [2.75, 3.05) is 6.61 Å². The van der Waals surface area contributed by atoms with Crippen LogP contribution >= 0.6 is 11.3 Å². The third-order valence-electron chi connectivity index (χ3n) is 3.64. The van der Waals surface area contributed by atoms with E-state index >= 15 is 0 Å². The van der Waals surface area contributed by atoms with Gasteiger partial charge in [-0.3, -0.25) is 0 Å². The summed E-state index contributed by atoms with van der Waals surface area (Å²) >= 11 is 0.907. The highest BCUT2D eigenvalue weighted by Crippen LogP contribution is 2.40. The topological polar surface area (TPSA) is 46.5 Å². The second kappa shape index (κ2) is 6.12. The van der Waals surface area contributed by atoms with Crippen molar-refractivity contribution in [3.8, 4) is 5.75 Å². The predicted octanol–water partition coefficient (Wildman–Crippen LogP) is 5.21. The Morgan fingerprint density at radius 1 is 1.13 bits per heavy atom. The number of ether oxygens (including phenoxy) is 1. The van der Waals surface area contributed by atoms with Crippen LogP contribution in [0.5, 0.6) is 5.75 Å². The fourth-order valence-electron chi connectivity index (χ4n) is 2.42. The molecule has 0 spiro atoms. The van der Waals surface area contributed by atoms with E-state index < -0.39 is 23.2 Å². The van der Waals surface area contributed by atoms with Crippen LogP contribution in [0, 0.1) is 11.6 Å². The Balaban J connectivity index is 2.16. The molecule has 6 heteroatoms. The molecule has 3 nitrogen and oxygen atoms in total. The number of rotatable bonds is 5. The highest BCUT2D eigenvalue weighted by molar-refractivity contribution is 7.25. The van der Waals surface area contributed by atoms with Crippen LogP contribution in [-0.2, 0) is 0 Å². The quantitative estimate of drug-likeness (QED) is 0.651. The second-order valence-corrected chi connectivity index (χ2v) is 6.19. The summed E-state index contributed by atoms with van der Waals surface area (Å²) in [6.45, 7) is 2.43. The average Bonchev–Trinajstić information content (AvgIpc) is 2.90. The summed E-state index contributed by atoms with van der Waals surface area (Å²) in [6, 6.07) is 5.92. The Labute approximate surface area is 135 Å². The molecule has 1 heterocycles. The lowest BCUT2D eigenvalue weighted by atomic mass is 10.1. The van der Waals surface area contributed by atoms with Crippen molar-refractivity contribution in [2.24, 2.45) is 0 Å². The SMILES string of the molecule is CCCCOc1ccc2c(sc3c(F)c(C(=O)O)ccc32)c1F. The third-order valence-corrected chi connectivity index (χ3v) is 4.85. The van der Waals surface area contributed by atoms with Crippen LogP contribution in [-0.4, -0.2) is 17.7 Å². The van der Waals surface area contributed by atoms with Crippen LogP contribution in [0.3, 0.4) is 0 Å². The first-order valence-corrected chi connectivity index (χ1v) is 8.05. The Morgan fingerprint density at radius 3 is 2.43 bits per heavy atom. The highest BCUT2D eigenvalue weighted by atomic mass is 32.1. The van der Waals surface area contributed by atoms with Gasteiger partial charge in [0.15, 0.2) is 17.4 Å². The molecule has 0 aliphatic rings. The standard InChI is InChI=1S/C17H14F2O3S/c1-2-3-8-22-12-7-6-10-9-4-5-11(17(20)21)13(18)15(9)23-16(10)14(12)19/h4-7H,2-3,8H2,1H3,(H,20,21). The molecule has 0 saturated carbocycles. The molecule has 0 fully saturated rings. The number of carbonyl (C=O) groups is 1. The van der Waals surface area contributed by atoms with Crippen molar-refractivity contribution in [3.05, 3.63) is 41.5 Å². The van der Waals surface area contributed by atoms with E-state index in [1.54, 1.807) is 6.07 Å². The zero-order chi connectivity index (χ0) is 16.6. The Kier molecular flexibility index (Phi) is 4.17. The average molecular weight is 336 g/mol. The molecule has 0 aliphatic heterocycles. The van der Waals surface area contributed by atoms with Gasteiger partial charge >= 0.3 is 5.97 Å². The number of thiophene rings is 1. The smallest absolute Gasteiger partial charge is 0.338 e. The van der Waals surface area contributed by atoms with Crippen molar-refractivity contribution < 1.29 is 23.4 Å². The van der Waals surface area contributed by atoms with Gasteiger partial charge in [0.1, 0.15) is 0 Å². The predicted molar refractivity (Wildman–Crippen MR) is 86.6 cm³/mol. The van der Waals surface area contributed by atoms with Crippen molar-refractivity contribution in [1.29, 1.82) is 0 Å². The molecular weight excluding hydrogens is 322 g/mol. The lowest BCUT2D eigenvalue weighted by molar-refractivity contribution is 0.0692. The maximum atomic E-state index is 14.6. The van der Waals surface area contributed by atoms with Crippen LogP contribution in [0.25, 0.3) is 20.2 Å². The molecule has 0 saturated heterocycles. The molecule has 120 valence electrons. The molecule has 0 atom stereocenters. The molecule has 1 aromatic heterocycles. The molecule has 0 aliphatic carbocycles. The number of fused-ring (bicyclic) bond motifs is 3. The van der Waals surface area contributed by atoms with Gasteiger partial charge in [-0.05, 0) is 24.6 Å². The van der Waals surface area contributed by atoms with E-state index in [4.69, 9.17) is 9.84 Å².